The second kappa shape index (κ2) is 7.35. The Bertz CT molecular complexity index is 861. The number of nitrogens with one attached hydrogen (secondary N) is 1. The van der Waals surface area contributed by atoms with Gasteiger partial charge in [-0.1, -0.05) is 12.1 Å². The molecule has 8 heteroatoms. The summed E-state index contributed by atoms with van der Waals surface area (Å²) in [7, 11) is 2.13. The molecule has 8 nitrogen and oxygen atoms in total. The SMILES string of the molecule is CN1CCN(Cc2nnc(CCC(=O)c3nc4ccccc4[nH]3)o2)CC1. The van der Waals surface area contributed by atoms with E-state index in [1.54, 1.807) is 0 Å². The molecule has 1 saturated heterocycles. The predicted molar refractivity (Wildman–Crippen MR) is 95.8 cm³/mol. The zero-order valence-electron chi connectivity index (χ0n) is 14.8. The van der Waals surface area contributed by atoms with Crippen molar-refractivity contribution in [2.75, 3.05) is 33.2 Å². The van der Waals surface area contributed by atoms with E-state index in [1.165, 1.54) is 0 Å². The van der Waals surface area contributed by atoms with Crippen LogP contribution in [0, 0.1) is 0 Å². The maximum atomic E-state index is 12.3. The Morgan fingerprint density at radius 2 is 1.92 bits per heavy atom. The molecule has 0 saturated carbocycles. The molecule has 0 spiro atoms. The van der Waals surface area contributed by atoms with Crippen molar-refractivity contribution in [2.24, 2.45) is 0 Å². The molecule has 0 amide bonds. The molecule has 3 aromatic rings. The van der Waals surface area contributed by atoms with Crippen LogP contribution in [0.1, 0.15) is 28.8 Å². The number of hydrogen-bond donors (Lipinski definition) is 1. The molecule has 2 aromatic heterocycles. The van der Waals surface area contributed by atoms with Crippen molar-refractivity contribution in [1.29, 1.82) is 0 Å². The Balaban J connectivity index is 1.32. The number of piperazine rings is 1. The van der Waals surface area contributed by atoms with Crippen LogP contribution in [0.5, 0.6) is 0 Å². The second-order valence-electron chi connectivity index (χ2n) is 6.69. The first kappa shape index (κ1) is 16.9. The fourth-order valence-electron chi connectivity index (χ4n) is 3.07. The summed E-state index contributed by atoms with van der Waals surface area (Å²) in [5.41, 5.74) is 1.66. The maximum absolute atomic E-state index is 12.3. The lowest BCUT2D eigenvalue weighted by Gasteiger charge is -2.31. The van der Waals surface area contributed by atoms with Gasteiger partial charge in [0.05, 0.1) is 17.6 Å². The summed E-state index contributed by atoms with van der Waals surface area (Å²) in [6.07, 6.45) is 0.710. The van der Waals surface area contributed by atoms with Crippen molar-refractivity contribution in [3.05, 3.63) is 41.9 Å². The molecule has 4 rings (SSSR count). The van der Waals surface area contributed by atoms with E-state index in [2.05, 4.69) is 37.0 Å². The highest BCUT2D eigenvalue weighted by molar-refractivity contribution is 5.95. The zero-order chi connectivity index (χ0) is 17.9. The van der Waals surface area contributed by atoms with E-state index in [9.17, 15) is 4.79 Å². The molecule has 3 heterocycles. The summed E-state index contributed by atoms with van der Waals surface area (Å²) in [6, 6.07) is 7.60. The van der Waals surface area contributed by atoms with E-state index < -0.39 is 0 Å². The van der Waals surface area contributed by atoms with E-state index in [0.29, 0.717) is 30.6 Å². The molecule has 1 N–H and O–H groups in total. The highest BCUT2D eigenvalue weighted by atomic mass is 16.4. The van der Waals surface area contributed by atoms with E-state index in [4.69, 9.17) is 4.42 Å². The van der Waals surface area contributed by atoms with Crippen molar-refractivity contribution < 1.29 is 9.21 Å². The number of likely N-dealkylation sites (N-methyl/N-ethyl adjacent to an activating group) is 1. The number of rotatable bonds is 6. The number of ketones is 1. The molecule has 1 fully saturated rings. The Labute approximate surface area is 151 Å². The minimum Gasteiger partial charge on any atom is -0.424 e. The van der Waals surface area contributed by atoms with Crippen LogP contribution < -0.4 is 0 Å². The normalized spacial score (nSPS) is 16.3. The molecule has 1 aliphatic heterocycles. The topological polar surface area (TPSA) is 91.2 Å². The van der Waals surface area contributed by atoms with E-state index in [-0.39, 0.29) is 12.2 Å². The van der Waals surface area contributed by atoms with Gasteiger partial charge >= 0.3 is 0 Å². The summed E-state index contributed by atoms with van der Waals surface area (Å²) in [4.78, 5) is 24.3. The van der Waals surface area contributed by atoms with Crippen LogP contribution in [0.2, 0.25) is 0 Å². The number of H-pyrrole nitrogens is 1. The Morgan fingerprint density at radius 1 is 1.15 bits per heavy atom. The van der Waals surface area contributed by atoms with E-state index in [1.807, 2.05) is 24.3 Å². The molecule has 0 bridgehead atoms. The third-order valence-corrected chi connectivity index (χ3v) is 4.68. The number of carbonyl (C=O) groups is 1. The van der Waals surface area contributed by atoms with Crippen LogP contribution in [0.25, 0.3) is 11.0 Å². The largest absolute Gasteiger partial charge is 0.424 e. The zero-order valence-corrected chi connectivity index (χ0v) is 14.8. The summed E-state index contributed by atoms with van der Waals surface area (Å²) < 4.78 is 5.70. The molecular formula is C18H22N6O2. The number of Topliss-reactive ketones (excluding diaryl/α,β-unsaturated/α-hetero) is 1. The summed E-state index contributed by atoms with van der Waals surface area (Å²) in [6.45, 7) is 4.76. The average molecular weight is 354 g/mol. The quantitative estimate of drug-likeness (QED) is 0.671. The first-order valence-corrected chi connectivity index (χ1v) is 8.87. The number of aromatic amines is 1. The third kappa shape index (κ3) is 3.81. The van der Waals surface area contributed by atoms with E-state index in [0.717, 1.165) is 37.2 Å². The summed E-state index contributed by atoms with van der Waals surface area (Å²) in [5, 5.41) is 8.18. The van der Waals surface area contributed by atoms with Crippen molar-refractivity contribution in [3.63, 3.8) is 0 Å². The van der Waals surface area contributed by atoms with Crippen molar-refractivity contribution >= 4 is 16.8 Å². The van der Waals surface area contributed by atoms with Gasteiger partial charge in [-0.05, 0) is 19.2 Å². The number of aromatic nitrogens is 4. The van der Waals surface area contributed by atoms with Gasteiger partial charge in [-0.15, -0.1) is 10.2 Å². The van der Waals surface area contributed by atoms with Gasteiger partial charge in [0.25, 0.3) is 0 Å². The molecular weight excluding hydrogens is 332 g/mol. The number of imidazole rings is 1. The predicted octanol–water partition coefficient (Wildman–Crippen LogP) is 1.51. The Hall–Kier alpha value is -2.58. The van der Waals surface area contributed by atoms with Crippen LogP contribution in [0.3, 0.4) is 0 Å². The number of para-hydroxylation sites is 2. The molecule has 26 heavy (non-hydrogen) atoms. The molecule has 1 aliphatic rings. The van der Waals surface area contributed by atoms with Crippen molar-refractivity contribution in [2.45, 2.75) is 19.4 Å². The van der Waals surface area contributed by atoms with Crippen molar-refractivity contribution in [1.82, 2.24) is 30.0 Å². The lowest BCUT2D eigenvalue weighted by molar-refractivity contribution is 0.0971. The number of carbonyl (C=O) groups excluding carboxylic acids is 1. The molecule has 0 aliphatic carbocycles. The first-order chi connectivity index (χ1) is 12.7. The smallest absolute Gasteiger partial charge is 0.230 e. The van der Waals surface area contributed by atoms with Gasteiger partial charge in [-0.2, -0.15) is 0 Å². The van der Waals surface area contributed by atoms with Crippen LogP contribution in [0.15, 0.2) is 28.7 Å². The van der Waals surface area contributed by atoms with Gasteiger partial charge in [0.15, 0.2) is 11.6 Å². The highest BCUT2D eigenvalue weighted by Gasteiger charge is 2.18. The van der Waals surface area contributed by atoms with Crippen LogP contribution in [-0.2, 0) is 13.0 Å². The monoisotopic (exact) mass is 354 g/mol. The van der Waals surface area contributed by atoms with Gasteiger partial charge in [0, 0.05) is 39.0 Å². The third-order valence-electron chi connectivity index (χ3n) is 4.68. The van der Waals surface area contributed by atoms with Gasteiger partial charge in [-0.3, -0.25) is 9.69 Å². The summed E-state index contributed by atoms with van der Waals surface area (Å²) in [5.74, 6) is 1.43. The fourth-order valence-corrected chi connectivity index (χ4v) is 3.07. The highest BCUT2D eigenvalue weighted by Crippen LogP contribution is 2.13. The van der Waals surface area contributed by atoms with E-state index >= 15 is 0 Å². The van der Waals surface area contributed by atoms with Crippen molar-refractivity contribution in [3.8, 4) is 0 Å². The number of fused-ring (bicyclic) bond motifs is 1. The Kier molecular flexibility index (Phi) is 4.77. The average Bonchev–Trinajstić information content (AvgIpc) is 3.28. The fraction of sp³-hybridized carbons (Fsp3) is 0.444. The summed E-state index contributed by atoms with van der Waals surface area (Å²) >= 11 is 0. The number of hydrogen-bond acceptors (Lipinski definition) is 7. The lowest BCUT2D eigenvalue weighted by Crippen LogP contribution is -2.43. The maximum Gasteiger partial charge on any atom is 0.230 e. The van der Waals surface area contributed by atoms with Gasteiger partial charge in [0.1, 0.15) is 0 Å². The number of aryl methyl sites for hydroxylation is 1. The molecule has 0 atom stereocenters. The number of nitrogens with zero attached hydrogens (tertiary/aromatic N) is 5. The van der Waals surface area contributed by atoms with Crippen LogP contribution in [-0.4, -0.2) is 69.0 Å². The van der Waals surface area contributed by atoms with Gasteiger partial charge in [0.2, 0.25) is 11.8 Å². The standard InChI is InChI=1S/C18H22N6O2/c1-23-8-10-24(11-9-23)12-17-22-21-16(26-17)7-6-15(25)18-19-13-4-2-3-5-14(13)20-18/h2-5H,6-12H2,1H3,(H,19,20). The van der Waals surface area contributed by atoms with Gasteiger partial charge in [-0.25, -0.2) is 4.98 Å². The number of benzene rings is 1. The molecule has 0 radical (unpaired) electrons. The second-order valence-corrected chi connectivity index (χ2v) is 6.69. The van der Waals surface area contributed by atoms with Crippen LogP contribution in [0.4, 0.5) is 0 Å². The molecule has 0 unspecified atom stereocenters. The molecule has 1 aromatic carbocycles. The minimum atomic E-state index is -0.0555. The lowest BCUT2D eigenvalue weighted by atomic mass is 10.2. The van der Waals surface area contributed by atoms with Gasteiger partial charge < -0.3 is 14.3 Å². The first-order valence-electron chi connectivity index (χ1n) is 8.87. The van der Waals surface area contributed by atoms with Crippen LogP contribution >= 0.6 is 0 Å². The Morgan fingerprint density at radius 3 is 2.73 bits per heavy atom. The molecule has 136 valence electrons. The minimum absolute atomic E-state index is 0.0555.